The van der Waals surface area contributed by atoms with Gasteiger partial charge in [0, 0.05) is 25.2 Å². The number of nitrogens with one attached hydrogen (secondary N) is 3. The molecule has 0 atom stereocenters. The van der Waals surface area contributed by atoms with Gasteiger partial charge in [-0.05, 0) is 25.1 Å². The van der Waals surface area contributed by atoms with E-state index in [1.165, 1.54) is 12.1 Å². The van der Waals surface area contributed by atoms with Crippen LogP contribution in [0.25, 0.3) is 0 Å². The van der Waals surface area contributed by atoms with Gasteiger partial charge in [-0.2, -0.15) is 0 Å². The second kappa shape index (κ2) is 8.11. The van der Waals surface area contributed by atoms with E-state index in [2.05, 4.69) is 15.4 Å². The van der Waals surface area contributed by atoms with Gasteiger partial charge in [0.25, 0.3) is 5.91 Å². The maximum Gasteiger partial charge on any atom is 0.252 e. The number of amides is 2. The highest BCUT2D eigenvalue weighted by Gasteiger charge is 2.11. The molecule has 0 aliphatic heterocycles. The number of hydrogen-bond acceptors (Lipinski definition) is 4. The van der Waals surface area contributed by atoms with Crippen LogP contribution in [0.15, 0.2) is 18.2 Å². The molecule has 1 aromatic carbocycles. The van der Waals surface area contributed by atoms with E-state index >= 15 is 0 Å². The van der Waals surface area contributed by atoms with Crippen LogP contribution in [0.1, 0.15) is 23.7 Å². The summed E-state index contributed by atoms with van der Waals surface area (Å²) in [5, 5.41) is 5.43. The molecule has 0 heterocycles. The van der Waals surface area contributed by atoms with Crippen molar-refractivity contribution >= 4 is 39.1 Å². The van der Waals surface area contributed by atoms with E-state index < -0.39 is 10.0 Å². The molecule has 7 nitrogen and oxygen atoms in total. The summed E-state index contributed by atoms with van der Waals surface area (Å²) < 4.78 is 24.0. The molecule has 122 valence electrons. The molecule has 0 bridgehead atoms. The summed E-state index contributed by atoms with van der Waals surface area (Å²) in [6, 6.07) is 4.53. The first kappa shape index (κ1) is 18.4. The molecule has 0 fully saturated rings. The summed E-state index contributed by atoms with van der Waals surface area (Å²) in [6.07, 6.45) is 1.01. The van der Waals surface area contributed by atoms with Gasteiger partial charge in [0.1, 0.15) is 0 Å². The minimum atomic E-state index is -3.32. The predicted octanol–water partition coefficient (Wildman–Crippen LogP) is 0.968. The van der Waals surface area contributed by atoms with Crippen molar-refractivity contribution in [3.05, 3.63) is 28.8 Å². The molecule has 2 amide bonds. The van der Waals surface area contributed by atoms with Gasteiger partial charge in [0.15, 0.2) is 0 Å². The lowest BCUT2D eigenvalue weighted by Gasteiger charge is -2.09. The van der Waals surface area contributed by atoms with Crippen molar-refractivity contribution in [1.29, 1.82) is 0 Å². The predicted molar refractivity (Wildman–Crippen MR) is 85.6 cm³/mol. The average Bonchev–Trinajstić information content (AvgIpc) is 2.37. The lowest BCUT2D eigenvalue weighted by atomic mass is 10.2. The summed E-state index contributed by atoms with van der Waals surface area (Å²) in [6.45, 7) is 2.29. The van der Waals surface area contributed by atoms with Gasteiger partial charge in [0.2, 0.25) is 15.9 Å². The van der Waals surface area contributed by atoms with Crippen LogP contribution < -0.4 is 15.4 Å². The molecule has 9 heteroatoms. The third kappa shape index (κ3) is 6.42. The first-order chi connectivity index (χ1) is 10.2. The number of sulfonamides is 1. The fourth-order valence-corrected chi connectivity index (χ4v) is 2.35. The van der Waals surface area contributed by atoms with Crippen LogP contribution in [0.3, 0.4) is 0 Å². The van der Waals surface area contributed by atoms with Crippen molar-refractivity contribution in [1.82, 2.24) is 10.0 Å². The van der Waals surface area contributed by atoms with Crippen molar-refractivity contribution in [2.45, 2.75) is 13.3 Å². The summed E-state index contributed by atoms with van der Waals surface area (Å²) in [7, 11) is -3.32. The largest absolute Gasteiger partial charge is 0.352 e. The molecule has 0 saturated carbocycles. The van der Waals surface area contributed by atoms with Gasteiger partial charge in [0.05, 0.1) is 16.8 Å². The summed E-state index contributed by atoms with van der Waals surface area (Å²) in [5.41, 5.74) is 0.752. The minimum absolute atomic E-state index is 0.00931. The molecular weight excluding hydrogens is 330 g/mol. The number of anilines is 1. The molecule has 1 rings (SSSR count). The SMILES string of the molecule is CCNC(=O)c1ccc(NC(=O)CCNS(C)(=O)=O)cc1Cl. The van der Waals surface area contributed by atoms with E-state index in [1.54, 1.807) is 13.0 Å². The van der Waals surface area contributed by atoms with Crippen LogP contribution in [0.5, 0.6) is 0 Å². The van der Waals surface area contributed by atoms with Crippen LogP contribution in [-0.2, 0) is 14.8 Å². The van der Waals surface area contributed by atoms with Gasteiger partial charge < -0.3 is 10.6 Å². The average molecular weight is 348 g/mol. The number of rotatable bonds is 7. The van der Waals surface area contributed by atoms with Crippen molar-refractivity contribution in [2.75, 3.05) is 24.7 Å². The zero-order valence-corrected chi connectivity index (χ0v) is 13.8. The lowest BCUT2D eigenvalue weighted by molar-refractivity contribution is -0.116. The third-order valence-corrected chi connectivity index (χ3v) is 3.59. The Morgan fingerprint density at radius 2 is 1.95 bits per heavy atom. The van der Waals surface area contributed by atoms with E-state index in [1.807, 2.05) is 0 Å². The van der Waals surface area contributed by atoms with Crippen molar-refractivity contribution < 1.29 is 18.0 Å². The minimum Gasteiger partial charge on any atom is -0.352 e. The zero-order valence-electron chi connectivity index (χ0n) is 12.3. The molecule has 3 N–H and O–H groups in total. The van der Waals surface area contributed by atoms with Crippen LogP contribution >= 0.6 is 11.6 Å². The summed E-state index contributed by atoms with van der Waals surface area (Å²) in [5.74, 6) is -0.652. The fourth-order valence-electron chi connectivity index (χ4n) is 1.61. The molecule has 0 aliphatic rings. The van der Waals surface area contributed by atoms with E-state index in [4.69, 9.17) is 11.6 Å². The first-order valence-corrected chi connectivity index (χ1v) is 8.82. The van der Waals surface area contributed by atoms with Crippen LogP contribution in [0.4, 0.5) is 5.69 Å². The molecule has 0 aromatic heterocycles. The Hall–Kier alpha value is -1.64. The molecule has 0 aliphatic carbocycles. The Labute approximate surface area is 134 Å². The summed E-state index contributed by atoms with van der Waals surface area (Å²) >= 11 is 6.00. The maximum atomic E-state index is 11.7. The van der Waals surface area contributed by atoms with E-state index in [0.717, 1.165) is 6.26 Å². The first-order valence-electron chi connectivity index (χ1n) is 6.55. The van der Waals surface area contributed by atoms with E-state index in [9.17, 15) is 18.0 Å². The second-order valence-corrected chi connectivity index (χ2v) is 6.76. The standard InChI is InChI=1S/C13H18ClN3O4S/c1-3-15-13(19)10-5-4-9(8-11(10)14)17-12(18)6-7-16-22(2,20)21/h4-5,8,16H,3,6-7H2,1-2H3,(H,15,19)(H,17,18). The maximum absolute atomic E-state index is 11.7. The molecular formula is C13H18ClN3O4S. The molecule has 0 radical (unpaired) electrons. The molecule has 1 aromatic rings. The van der Waals surface area contributed by atoms with E-state index in [-0.39, 0.29) is 29.8 Å². The highest BCUT2D eigenvalue weighted by atomic mass is 35.5. The van der Waals surface area contributed by atoms with Gasteiger partial charge in [-0.3, -0.25) is 9.59 Å². The van der Waals surface area contributed by atoms with Crippen molar-refractivity contribution in [3.8, 4) is 0 Å². The quantitative estimate of drug-likeness (QED) is 0.683. The van der Waals surface area contributed by atoms with Crippen LogP contribution in [-0.4, -0.2) is 39.6 Å². The smallest absolute Gasteiger partial charge is 0.252 e. The number of halogens is 1. The molecule has 0 spiro atoms. The highest BCUT2D eigenvalue weighted by molar-refractivity contribution is 7.88. The van der Waals surface area contributed by atoms with Crippen molar-refractivity contribution in [2.24, 2.45) is 0 Å². The Balaban J connectivity index is 2.61. The number of carbonyl (C=O) groups is 2. The number of hydrogen-bond donors (Lipinski definition) is 3. The molecule has 0 saturated heterocycles. The fraction of sp³-hybridized carbons (Fsp3) is 0.385. The normalized spacial score (nSPS) is 11.0. The highest BCUT2D eigenvalue weighted by Crippen LogP contribution is 2.21. The summed E-state index contributed by atoms with van der Waals surface area (Å²) in [4.78, 5) is 23.3. The number of carbonyl (C=O) groups excluding carboxylic acids is 2. The number of benzene rings is 1. The van der Waals surface area contributed by atoms with Crippen molar-refractivity contribution in [3.63, 3.8) is 0 Å². The second-order valence-electron chi connectivity index (χ2n) is 4.52. The molecule has 22 heavy (non-hydrogen) atoms. The topological polar surface area (TPSA) is 104 Å². The molecule has 0 unspecified atom stereocenters. The Morgan fingerprint density at radius 1 is 1.27 bits per heavy atom. The third-order valence-electron chi connectivity index (χ3n) is 2.55. The Morgan fingerprint density at radius 3 is 2.50 bits per heavy atom. The van der Waals surface area contributed by atoms with Gasteiger partial charge in [-0.1, -0.05) is 11.6 Å². The van der Waals surface area contributed by atoms with E-state index in [0.29, 0.717) is 17.8 Å². The van der Waals surface area contributed by atoms with Crippen LogP contribution in [0.2, 0.25) is 5.02 Å². The monoisotopic (exact) mass is 347 g/mol. The van der Waals surface area contributed by atoms with Crippen LogP contribution in [0, 0.1) is 0 Å². The Bertz CT molecular complexity index is 661. The lowest BCUT2D eigenvalue weighted by Crippen LogP contribution is -2.26. The zero-order chi connectivity index (χ0) is 16.8. The Kier molecular flexibility index (Phi) is 6.79. The van der Waals surface area contributed by atoms with Gasteiger partial charge in [-0.25, -0.2) is 13.1 Å². The van der Waals surface area contributed by atoms with Gasteiger partial charge in [-0.15, -0.1) is 0 Å². The van der Waals surface area contributed by atoms with Gasteiger partial charge >= 0.3 is 0 Å².